The summed E-state index contributed by atoms with van der Waals surface area (Å²) in [6.45, 7) is 0. The maximum absolute atomic E-state index is 12.0. The molecule has 2 rings (SSSR count). The van der Waals surface area contributed by atoms with Gasteiger partial charge in [-0.25, -0.2) is 8.42 Å². The first-order valence-electron chi connectivity index (χ1n) is 6.05. The van der Waals surface area contributed by atoms with E-state index in [-0.39, 0.29) is 34.2 Å². The molecule has 2 atom stereocenters. The zero-order valence-electron chi connectivity index (χ0n) is 10.9. The molecule has 0 heterocycles. The lowest BCUT2D eigenvalue weighted by molar-refractivity contribution is -0.118. The van der Waals surface area contributed by atoms with Crippen molar-refractivity contribution < 1.29 is 18.3 Å². The van der Waals surface area contributed by atoms with E-state index in [4.69, 9.17) is 5.73 Å². The Morgan fingerprint density at radius 2 is 2.10 bits per heavy atom. The van der Waals surface area contributed by atoms with Gasteiger partial charge in [-0.15, -0.1) is 0 Å². The van der Waals surface area contributed by atoms with Gasteiger partial charge in [0.25, 0.3) is 0 Å². The monoisotopic (exact) mass is 296 g/mol. The molecule has 0 saturated heterocycles. The maximum Gasteiger partial charge on any atom is 0.231 e. The summed E-state index contributed by atoms with van der Waals surface area (Å²) in [7, 11) is -3.40. The smallest absolute Gasteiger partial charge is 0.231 e. The van der Waals surface area contributed by atoms with E-state index in [0.717, 1.165) is 6.26 Å². The number of aromatic hydroxyl groups is 1. The minimum Gasteiger partial charge on any atom is -0.506 e. The molecule has 0 spiro atoms. The average Bonchev–Trinajstić information content (AvgIpc) is 2.77. The first-order chi connectivity index (χ1) is 9.27. The highest BCUT2D eigenvalue weighted by molar-refractivity contribution is 7.90. The molecule has 0 aliphatic heterocycles. The summed E-state index contributed by atoms with van der Waals surface area (Å²) in [5.41, 5.74) is 5.75. The zero-order valence-corrected chi connectivity index (χ0v) is 11.7. The van der Waals surface area contributed by atoms with E-state index >= 15 is 0 Å². The standard InChI is InChI=1S/C13H16N2O4S/c1-20(18,19)10-4-5-12(16)11(7-10)15-13(17)8-2-3-9(14)6-8/h2-5,7-9,16H,6,14H2,1H3,(H,15,17). The van der Waals surface area contributed by atoms with Gasteiger partial charge in [0.1, 0.15) is 5.75 Å². The van der Waals surface area contributed by atoms with Crippen LogP contribution in [0.2, 0.25) is 0 Å². The number of phenols is 1. The average molecular weight is 296 g/mol. The molecule has 20 heavy (non-hydrogen) atoms. The highest BCUT2D eigenvalue weighted by Crippen LogP contribution is 2.28. The topological polar surface area (TPSA) is 109 Å². The number of carbonyl (C=O) groups is 1. The molecule has 1 aromatic rings. The van der Waals surface area contributed by atoms with Gasteiger partial charge in [-0.2, -0.15) is 0 Å². The van der Waals surface area contributed by atoms with E-state index in [9.17, 15) is 18.3 Å². The lowest BCUT2D eigenvalue weighted by Crippen LogP contribution is -2.24. The SMILES string of the molecule is CS(=O)(=O)c1ccc(O)c(NC(=O)C2C=CC(N)C2)c1. The van der Waals surface area contributed by atoms with Crippen LogP contribution in [0.25, 0.3) is 0 Å². The van der Waals surface area contributed by atoms with Crippen molar-refractivity contribution in [3.05, 3.63) is 30.4 Å². The predicted molar refractivity (Wildman–Crippen MR) is 75.1 cm³/mol. The second-order valence-corrected chi connectivity index (χ2v) is 6.85. The van der Waals surface area contributed by atoms with Crippen LogP contribution in [-0.2, 0) is 14.6 Å². The van der Waals surface area contributed by atoms with Crippen LogP contribution in [0.4, 0.5) is 5.69 Å². The third kappa shape index (κ3) is 3.17. The Labute approximate surface area is 117 Å². The Morgan fingerprint density at radius 3 is 2.65 bits per heavy atom. The van der Waals surface area contributed by atoms with Crippen LogP contribution in [-0.4, -0.2) is 31.7 Å². The summed E-state index contributed by atoms with van der Waals surface area (Å²) < 4.78 is 22.9. The van der Waals surface area contributed by atoms with Crippen LogP contribution in [0.3, 0.4) is 0 Å². The van der Waals surface area contributed by atoms with Gasteiger partial charge in [-0.05, 0) is 24.6 Å². The minimum atomic E-state index is -3.40. The molecule has 0 aromatic heterocycles. The summed E-state index contributed by atoms with van der Waals surface area (Å²) in [4.78, 5) is 12.0. The molecule has 1 amide bonds. The van der Waals surface area contributed by atoms with Crippen molar-refractivity contribution in [3.63, 3.8) is 0 Å². The van der Waals surface area contributed by atoms with Crippen LogP contribution in [0, 0.1) is 5.92 Å². The van der Waals surface area contributed by atoms with Crippen molar-refractivity contribution in [1.29, 1.82) is 0 Å². The molecule has 6 nitrogen and oxygen atoms in total. The maximum atomic E-state index is 12.0. The number of anilines is 1. The van der Waals surface area contributed by atoms with E-state index < -0.39 is 9.84 Å². The van der Waals surface area contributed by atoms with Crippen LogP contribution in [0.5, 0.6) is 5.75 Å². The van der Waals surface area contributed by atoms with Crippen molar-refractivity contribution in [3.8, 4) is 5.75 Å². The number of phenolic OH excluding ortho intramolecular Hbond substituents is 1. The van der Waals surface area contributed by atoms with Crippen LogP contribution in [0.1, 0.15) is 6.42 Å². The number of rotatable bonds is 3. The molecule has 1 aliphatic carbocycles. The normalized spacial score (nSPS) is 21.9. The Kier molecular flexibility index (Phi) is 3.82. The van der Waals surface area contributed by atoms with Gasteiger partial charge in [0, 0.05) is 12.3 Å². The number of nitrogens with two attached hydrogens (primary N) is 1. The van der Waals surface area contributed by atoms with E-state index in [0.29, 0.717) is 6.42 Å². The number of hydrogen-bond acceptors (Lipinski definition) is 5. The fourth-order valence-electron chi connectivity index (χ4n) is 1.99. The van der Waals surface area contributed by atoms with Gasteiger partial charge < -0.3 is 16.2 Å². The largest absolute Gasteiger partial charge is 0.506 e. The quantitative estimate of drug-likeness (QED) is 0.560. The van der Waals surface area contributed by atoms with Crippen LogP contribution in [0.15, 0.2) is 35.2 Å². The summed E-state index contributed by atoms with van der Waals surface area (Å²) in [5.74, 6) is -0.876. The number of sulfone groups is 1. The molecule has 2 unspecified atom stereocenters. The molecule has 0 saturated carbocycles. The molecule has 1 aliphatic rings. The van der Waals surface area contributed by atoms with Crippen molar-refractivity contribution >= 4 is 21.4 Å². The van der Waals surface area contributed by atoms with Crippen LogP contribution < -0.4 is 11.1 Å². The molecular formula is C13H16N2O4S. The fourth-order valence-corrected chi connectivity index (χ4v) is 2.64. The summed E-state index contributed by atoms with van der Waals surface area (Å²) in [6.07, 6.45) is 5.01. The number of nitrogens with one attached hydrogen (secondary N) is 1. The molecule has 4 N–H and O–H groups in total. The predicted octanol–water partition coefficient (Wildman–Crippen LogP) is 0.638. The Bertz CT molecular complexity index is 667. The highest BCUT2D eigenvalue weighted by Gasteiger charge is 2.23. The van der Waals surface area contributed by atoms with Gasteiger partial charge >= 0.3 is 0 Å². The number of benzene rings is 1. The van der Waals surface area contributed by atoms with E-state index in [1.165, 1.54) is 18.2 Å². The van der Waals surface area contributed by atoms with Gasteiger partial charge in [0.05, 0.1) is 16.5 Å². The lowest BCUT2D eigenvalue weighted by Gasteiger charge is -2.12. The Balaban J connectivity index is 2.21. The molecule has 7 heteroatoms. The van der Waals surface area contributed by atoms with Gasteiger partial charge in [0.2, 0.25) is 5.91 Å². The van der Waals surface area contributed by atoms with E-state index in [1.807, 2.05) is 0 Å². The number of carbonyl (C=O) groups excluding carboxylic acids is 1. The first-order valence-corrected chi connectivity index (χ1v) is 7.94. The molecule has 1 aromatic carbocycles. The van der Waals surface area contributed by atoms with Gasteiger partial charge in [-0.1, -0.05) is 12.2 Å². The van der Waals surface area contributed by atoms with Crippen molar-refractivity contribution in [2.75, 3.05) is 11.6 Å². The number of hydrogen-bond donors (Lipinski definition) is 3. The fraction of sp³-hybridized carbons (Fsp3) is 0.308. The lowest BCUT2D eigenvalue weighted by atomic mass is 10.1. The van der Waals surface area contributed by atoms with Crippen molar-refractivity contribution in [2.45, 2.75) is 17.4 Å². The summed E-state index contributed by atoms with van der Waals surface area (Å²) in [5, 5.41) is 12.2. The Morgan fingerprint density at radius 1 is 1.40 bits per heavy atom. The van der Waals surface area contributed by atoms with Crippen LogP contribution >= 0.6 is 0 Å². The minimum absolute atomic E-state index is 0.0317. The molecule has 0 radical (unpaired) electrons. The zero-order chi connectivity index (χ0) is 14.9. The van der Waals surface area contributed by atoms with Crippen molar-refractivity contribution in [1.82, 2.24) is 0 Å². The summed E-state index contributed by atoms with van der Waals surface area (Å²) in [6, 6.07) is 3.61. The summed E-state index contributed by atoms with van der Waals surface area (Å²) >= 11 is 0. The molecule has 0 bridgehead atoms. The second kappa shape index (κ2) is 5.26. The number of amides is 1. The van der Waals surface area contributed by atoms with Gasteiger partial charge in [0.15, 0.2) is 9.84 Å². The molecule has 108 valence electrons. The third-order valence-corrected chi connectivity index (χ3v) is 4.22. The van der Waals surface area contributed by atoms with E-state index in [2.05, 4.69) is 5.32 Å². The third-order valence-electron chi connectivity index (χ3n) is 3.11. The molecule has 0 fully saturated rings. The Hall–Kier alpha value is -1.86. The first kappa shape index (κ1) is 14.5. The van der Waals surface area contributed by atoms with E-state index in [1.54, 1.807) is 12.2 Å². The van der Waals surface area contributed by atoms with Crippen molar-refractivity contribution in [2.24, 2.45) is 11.7 Å². The second-order valence-electron chi connectivity index (χ2n) is 4.83. The van der Waals surface area contributed by atoms with Gasteiger partial charge in [-0.3, -0.25) is 4.79 Å². The molecular weight excluding hydrogens is 280 g/mol. The highest BCUT2D eigenvalue weighted by atomic mass is 32.2.